The van der Waals surface area contributed by atoms with E-state index in [0.717, 1.165) is 0 Å². The summed E-state index contributed by atoms with van der Waals surface area (Å²) in [5.41, 5.74) is 0.875. The van der Waals surface area contributed by atoms with E-state index >= 15 is 0 Å². The van der Waals surface area contributed by atoms with Crippen molar-refractivity contribution < 1.29 is 14.7 Å². The lowest BCUT2D eigenvalue weighted by Crippen LogP contribution is -2.29. The average molecular weight is 255 g/mol. The van der Waals surface area contributed by atoms with Crippen molar-refractivity contribution in [3.05, 3.63) is 65.7 Å². The summed E-state index contributed by atoms with van der Waals surface area (Å²) < 4.78 is 0. The molecule has 0 aliphatic rings. The number of ketones is 1. The summed E-state index contributed by atoms with van der Waals surface area (Å²) in [4.78, 5) is 23.5. The molecule has 96 valence electrons. The van der Waals surface area contributed by atoms with Crippen molar-refractivity contribution in [1.82, 2.24) is 5.32 Å². The van der Waals surface area contributed by atoms with Crippen LogP contribution in [0, 0.1) is 0 Å². The molecule has 0 spiro atoms. The molecule has 0 heterocycles. The molecule has 0 unspecified atom stereocenters. The third-order valence-corrected chi connectivity index (χ3v) is 2.61. The molecular weight excluding hydrogens is 242 g/mol. The minimum atomic E-state index is -0.297. The highest BCUT2D eigenvalue weighted by Crippen LogP contribution is 2.11. The summed E-state index contributed by atoms with van der Waals surface area (Å²) >= 11 is 0. The van der Waals surface area contributed by atoms with Gasteiger partial charge in [-0.25, -0.2) is 0 Å². The van der Waals surface area contributed by atoms with Gasteiger partial charge in [0.25, 0.3) is 5.91 Å². The zero-order valence-electron chi connectivity index (χ0n) is 10.2. The van der Waals surface area contributed by atoms with Gasteiger partial charge in [0.15, 0.2) is 5.78 Å². The average Bonchev–Trinajstić information content (AvgIpc) is 2.45. The summed E-state index contributed by atoms with van der Waals surface area (Å²) in [7, 11) is 0. The Labute approximate surface area is 110 Å². The summed E-state index contributed by atoms with van der Waals surface area (Å²) in [5.74, 6) is -0.519. The molecule has 0 aliphatic heterocycles. The molecule has 2 rings (SSSR count). The summed E-state index contributed by atoms with van der Waals surface area (Å²) in [6.45, 7) is -0.100. The first-order valence-corrected chi connectivity index (χ1v) is 5.82. The van der Waals surface area contributed by atoms with Crippen LogP contribution in [0.4, 0.5) is 0 Å². The number of Topliss-reactive ketones (excluding diaryl/α,β-unsaturated/α-hetero) is 1. The Hall–Kier alpha value is -2.62. The Morgan fingerprint density at radius 1 is 0.947 bits per heavy atom. The second kappa shape index (κ2) is 5.82. The zero-order valence-corrected chi connectivity index (χ0v) is 10.2. The van der Waals surface area contributed by atoms with Gasteiger partial charge in [-0.1, -0.05) is 30.3 Å². The molecular formula is C15H13NO3. The second-order valence-electron chi connectivity index (χ2n) is 4.02. The van der Waals surface area contributed by atoms with Gasteiger partial charge in [0, 0.05) is 11.1 Å². The molecule has 0 saturated heterocycles. The lowest BCUT2D eigenvalue weighted by atomic mass is 10.1. The predicted octanol–water partition coefficient (Wildman–Crippen LogP) is 2.00. The molecule has 0 atom stereocenters. The molecule has 2 aromatic carbocycles. The Morgan fingerprint density at radius 3 is 2.32 bits per heavy atom. The monoisotopic (exact) mass is 255 g/mol. The smallest absolute Gasteiger partial charge is 0.251 e. The van der Waals surface area contributed by atoms with E-state index in [9.17, 15) is 14.7 Å². The molecule has 2 aromatic rings. The van der Waals surface area contributed by atoms with Crippen LogP contribution in [0.5, 0.6) is 5.75 Å². The van der Waals surface area contributed by atoms with Gasteiger partial charge in [0.05, 0.1) is 6.54 Å². The normalized spacial score (nSPS) is 9.89. The number of aromatic hydroxyl groups is 1. The van der Waals surface area contributed by atoms with Crippen molar-refractivity contribution in [2.24, 2.45) is 0 Å². The molecule has 1 amide bonds. The van der Waals surface area contributed by atoms with Gasteiger partial charge in [0.1, 0.15) is 5.75 Å². The number of hydrogen-bond donors (Lipinski definition) is 2. The first-order valence-electron chi connectivity index (χ1n) is 5.82. The minimum absolute atomic E-state index is 0.0280. The van der Waals surface area contributed by atoms with E-state index in [1.807, 2.05) is 6.07 Å². The number of amides is 1. The third-order valence-electron chi connectivity index (χ3n) is 2.61. The first-order chi connectivity index (χ1) is 9.16. The van der Waals surface area contributed by atoms with Crippen LogP contribution in [0.2, 0.25) is 0 Å². The first kappa shape index (κ1) is 12.8. The molecule has 0 aromatic heterocycles. The number of benzene rings is 2. The lowest BCUT2D eigenvalue weighted by Gasteiger charge is -2.05. The zero-order chi connectivity index (χ0) is 13.7. The Kier molecular flexibility index (Phi) is 3.93. The van der Waals surface area contributed by atoms with Crippen LogP contribution in [-0.4, -0.2) is 23.3 Å². The van der Waals surface area contributed by atoms with E-state index < -0.39 is 0 Å². The number of carbonyl (C=O) groups is 2. The maximum atomic E-state index is 11.8. The molecule has 0 bridgehead atoms. The number of nitrogens with one attached hydrogen (secondary N) is 1. The van der Waals surface area contributed by atoms with Crippen molar-refractivity contribution in [3.8, 4) is 5.75 Å². The van der Waals surface area contributed by atoms with Crippen molar-refractivity contribution in [1.29, 1.82) is 0 Å². The van der Waals surface area contributed by atoms with Crippen LogP contribution in [-0.2, 0) is 0 Å². The Balaban J connectivity index is 1.96. The highest BCUT2D eigenvalue weighted by molar-refractivity contribution is 6.02. The lowest BCUT2D eigenvalue weighted by molar-refractivity contribution is 0.0904. The van der Waals surface area contributed by atoms with Gasteiger partial charge in [-0.05, 0) is 24.3 Å². The molecule has 2 N–H and O–H groups in total. The van der Waals surface area contributed by atoms with E-state index in [0.29, 0.717) is 11.1 Å². The highest BCUT2D eigenvalue weighted by atomic mass is 16.3. The van der Waals surface area contributed by atoms with Crippen LogP contribution in [0.25, 0.3) is 0 Å². The topological polar surface area (TPSA) is 66.4 Å². The maximum Gasteiger partial charge on any atom is 0.251 e. The van der Waals surface area contributed by atoms with Crippen LogP contribution in [0.15, 0.2) is 54.6 Å². The second-order valence-corrected chi connectivity index (χ2v) is 4.02. The molecule has 19 heavy (non-hydrogen) atoms. The van der Waals surface area contributed by atoms with E-state index in [2.05, 4.69) is 5.32 Å². The van der Waals surface area contributed by atoms with Crippen LogP contribution < -0.4 is 5.32 Å². The van der Waals surface area contributed by atoms with Crippen molar-refractivity contribution in [3.63, 3.8) is 0 Å². The molecule has 0 saturated carbocycles. The largest absolute Gasteiger partial charge is 0.508 e. The van der Waals surface area contributed by atoms with E-state index in [4.69, 9.17) is 0 Å². The molecule has 4 heteroatoms. The van der Waals surface area contributed by atoms with Gasteiger partial charge >= 0.3 is 0 Å². The van der Waals surface area contributed by atoms with Crippen molar-refractivity contribution in [2.75, 3.05) is 6.54 Å². The fraction of sp³-hybridized carbons (Fsp3) is 0.0667. The third kappa shape index (κ3) is 3.42. The fourth-order valence-corrected chi connectivity index (χ4v) is 1.63. The van der Waals surface area contributed by atoms with E-state index in [1.165, 1.54) is 12.1 Å². The van der Waals surface area contributed by atoms with E-state index in [-0.39, 0.29) is 24.0 Å². The molecule has 4 nitrogen and oxygen atoms in total. The van der Waals surface area contributed by atoms with Gasteiger partial charge in [-0.3, -0.25) is 9.59 Å². The summed E-state index contributed by atoms with van der Waals surface area (Å²) in [5, 5.41) is 11.8. The Morgan fingerprint density at radius 2 is 1.63 bits per heavy atom. The van der Waals surface area contributed by atoms with Crippen molar-refractivity contribution >= 4 is 11.7 Å². The van der Waals surface area contributed by atoms with Gasteiger partial charge in [-0.2, -0.15) is 0 Å². The van der Waals surface area contributed by atoms with E-state index in [1.54, 1.807) is 36.4 Å². The van der Waals surface area contributed by atoms with Crippen molar-refractivity contribution in [2.45, 2.75) is 0 Å². The predicted molar refractivity (Wildman–Crippen MR) is 71.2 cm³/mol. The van der Waals surface area contributed by atoms with Crippen LogP contribution in [0.1, 0.15) is 20.7 Å². The maximum absolute atomic E-state index is 11.8. The summed E-state index contributed by atoms with van der Waals surface area (Å²) in [6, 6.07) is 14.7. The number of phenols is 1. The number of carbonyl (C=O) groups excluding carboxylic acids is 2. The van der Waals surface area contributed by atoms with Crippen LogP contribution in [0.3, 0.4) is 0 Å². The standard InChI is InChI=1S/C15H13NO3/c17-13-8-4-7-12(9-13)14(18)10-16-15(19)11-5-2-1-3-6-11/h1-9,17H,10H2,(H,16,19). The van der Waals surface area contributed by atoms with Gasteiger partial charge < -0.3 is 10.4 Å². The minimum Gasteiger partial charge on any atom is -0.508 e. The SMILES string of the molecule is O=C(CNC(=O)c1ccccc1)c1cccc(O)c1. The number of phenolic OH excluding ortho intramolecular Hbond substituents is 1. The summed E-state index contributed by atoms with van der Waals surface area (Å²) in [6.07, 6.45) is 0. The van der Waals surface area contributed by atoms with Gasteiger partial charge in [0.2, 0.25) is 0 Å². The molecule has 0 fully saturated rings. The highest BCUT2D eigenvalue weighted by Gasteiger charge is 2.09. The molecule has 0 radical (unpaired) electrons. The number of rotatable bonds is 4. The quantitative estimate of drug-likeness (QED) is 0.821. The van der Waals surface area contributed by atoms with Gasteiger partial charge in [-0.15, -0.1) is 0 Å². The van der Waals surface area contributed by atoms with Crippen LogP contribution >= 0.6 is 0 Å². The number of hydrogen-bond acceptors (Lipinski definition) is 3. The molecule has 0 aliphatic carbocycles. The Bertz CT molecular complexity index is 593. The fourth-order valence-electron chi connectivity index (χ4n) is 1.63.